The topological polar surface area (TPSA) is 41.6 Å². The van der Waals surface area contributed by atoms with Gasteiger partial charge in [0, 0.05) is 20.2 Å². The Morgan fingerprint density at radius 2 is 2.29 bits per heavy atom. The first kappa shape index (κ1) is 10.9. The number of ether oxygens (including phenoxy) is 1. The maximum absolute atomic E-state index is 11.4. The standard InChI is InChI=1S/C10H16N2O2/c1-3-6-11-10(13)12-7-4-9(14-2)5-8-12/h1,9H,4-8H2,2H3,(H,11,13). The Hall–Kier alpha value is -1.21. The van der Waals surface area contributed by atoms with E-state index < -0.39 is 0 Å². The molecule has 1 heterocycles. The molecule has 78 valence electrons. The zero-order chi connectivity index (χ0) is 10.4. The number of hydrogen-bond acceptors (Lipinski definition) is 2. The number of carbonyl (C=O) groups excluding carboxylic acids is 1. The number of nitrogens with zero attached hydrogens (tertiary/aromatic N) is 1. The Balaban J connectivity index is 2.27. The summed E-state index contributed by atoms with van der Waals surface area (Å²) < 4.78 is 5.21. The lowest BCUT2D eigenvalue weighted by atomic mass is 10.1. The van der Waals surface area contributed by atoms with Crippen LogP contribution in [0, 0.1) is 12.3 Å². The summed E-state index contributed by atoms with van der Waals surface area (Å²) in [6.07, 6.45) is 7.15. The van der Waals surface area contributed by atoms with Crippen molar-refractivity contribution in [2.75, 3.05) is 26.7 Å². The van der Waals surface area contributed by atoms with Gasteiger partial charge in [-0.05, 0) is 12.8 Å². The van der Waals surface area contributed by atoms with Gasteiger partial charge in [0.05, 0.1) is 12.6 Å². The third-order valence-corrected chi connectivity index (χ3v) is 2.40. The highest BCUT2D eigenvalue weighted by atomic mass is 16.5. The van der Waals surface area contributed by atoms with Gasteiger partial charge in [-0.1, -0.05) is 5.92 Å². The number of rotatable bonds is 2. The van der Waals surface area contributed by atoms with Crippen molar-refractivity contribution in [1.82, 2.24) is 10.2 Å². The lowest BCUT2D eigenvalue weighted by Crippen LogP contribution is -2.45. The summed E-state index contributed by atoms with van der Waals surface area (Å²) >= 11 is 0. The summed E-state index contributed by atoms with van der Waals surface area (Å²) in [4.78, 5) is 13.2. The average Bonchev–Trinajstić information content (AvgIpc) is 2.26. The minimum Gasteiger partial charge on any atom is -0.381 e. The van der Waals surface area contributed by atoms with Crippen LogP contribution in [0.4, 0.5) is 4.79 Å². The molecule has 4 nitrogen and oxygen atoms in total. The van der Waals surface area contributed by atoms with E-state index in [1.54, 1.807) is 12.0 Å². The van der Waals surface area contributed by atoms with E-state index in [9.17, 15) is 4.79 Å². The molecule has 1 fully saturated rings. The Bertz CT molecular complexity index is 227. The highest BCUT2D eigenvalue weighted by Gasteiger charge is 2.21. The maximum Gasteiger partial charge on any atom is 0.318 e. The second-order valence-electron chi connectivity index (χ2n) is 3.28. The molecule has 0 atom stereocenters. The number of nitrogens with one attached hydrogen (secondary N) is 1. The lowest BCUT2D eigenvalue weighted by Gasteiger charge is -2.30. The summed E-state index contributed by atoms with van der Waals surface area (Å²) in [5, 5.41) is 2.64. The monoisotopic (exact) mass is 196 g/mol. The number of piperidine rings is 1. The minimum absolute atomic E-state index is 0.0718. The summed E-state index contributed by atoms with van der Waals surface area (Å²) in [5.41, 5.74) is 0. The fourth-order valence-corrected chi connectivity index (χ4v) is 1.53. The van der Waals surface area contributed by atoms with Gasteiger partial charge in [-0.3, -0.25) is 0 Å². The van der Waals surface area contributed by atoms with Gasteiger partial charge in [0.2, 0.25) is 0 Å². The van der Waals surface area contributed by atoms with E-state index >= 15 is 0 Å². The number of amides is 2. The molecule has 1 rings (SSSR count). The molecule has 1 saturated heterocycles. The molecular weight excluding hydrogens is 180 g/mol. The van der Waals surface area contributed by atoms with Gasteiger partial charge in [-0.25, -0.2) is 4.79 Å². The Labute approximate surface area is 84.6 Å². The van der Waals surface area contributed by atoms with E-state index in [2.05, 4.69) is 11.2 Å². The zero-order valence-electron chi connectivity index (χ0n) is 8.45. The van der Waals surface area contributed by atoms with Crippen LogP contribution in [0.1, 0.15) is 12.8 Å². The molecular formula is C10H16N2O2. The van der Waals surface area contributed by atoms with Crippen LogP contribution in [0.25, 0.3) is 0 Å². The van der Waals surface area contributed by atoms with Crippen LogP contribution in [0.5, 0.6) is 0 Å². The van der Waals surface area contributed by atoms with Crippen molar-refractivity contribution in [2.24, 2.45) is 0 Å². The van der Waals surface area contributed by atoms with Crippen molar-refractivity contribution in [3.63, 3.8) is 0 Å². The fourth-order valence-electron chi connectivity index (χ4n) is 1.53. The first-order valence-electron chi connectivity index (χ1n) is 4.77. The molecule has 1 aliphatic rings. The highest BCUT2D eigenvalue weighted by molar-refractivity contribution is 5.74. The van der Waals surface area contributed by atoms with Gasteiger partial charge in [-0.15, -0.1) is 6.42 Å². The summed E-state index contributed by atoms with van der Waals surface area (Å²) in [7, 11) is 1.71. The van der Waals surface area contributed by atoms with E-state index in [1.165, 1.54) is 0 Å². The van der Waals surface area contributed by atoms with Crippen LogP contribution in [-0.4, -0.2) is 43.8 Å². The molecule has 0 unspecified atom stereocenters. The van der Waals surface area contributed by atoms with Gasteiger partial charge in [-0.2, -0.15) is 0 Å². The van der Waals surface area contributed by atoms with Crippen molar-refractivity contribution >= 4 is 6.03 Å². The van der Waals surface area contributed by atoms with Crippen LogP contribution in [0.15, 0.2) is 0 Å². The van der Waals surface area contributed by atoms with E-state index in [1.807, 2.05) is 0 Å². The molecule has 0 aromatic rings. The summed E-state index contributed by atoms with van der Waals surface area (Å²) in [6.45, 7) is 1.78. The number of urea groups is 1. The molecule has 0 aliphatic carbocycles. The molecule has 0 spiro atoms. The maximum atomic E-state index is 11.4. The molecule has 0 saturated carbocycles. The van der Waals surface area contributed by atoms with Gasteiger partial charge in [0.1, 0.15) is 0 Å². The van der Waals surface area contributed by atoms with Crippen LogP contribution in [0.3, 0.4) is 0 Å². The van der Waals surface area contributed by atoms with Gasteiger partial charge >= 0.3 is 6.03 Å². The minimum atomic E-state index is -0.0718. The predicted octanol–water partition coefficient (Wildman–Crippen LogP) is 0.440. The van der Waals surface area contributed by atoms with Gasteiger partial charge in [0.25, 0.3) is 0 Å². The van der Waals surface area contributed by atoms with Crippen molar-refractivity contribution < 1.29 is 9.53 Å². The quantitative estimate of drug-likeness (QED) is 0.651. The van der Waals surface area contributed by atoms with Crippen molar-refractivity contribution in [2.45, 2.75) is 18.9 Å². The highest BCUT2D eigenvalue weighted by Crippen LogP contribution is 2.12. The number of likely N-dealkylation sites (tertiary alicyclic amines) is 1. The predicted molar refractivity (Wildman–Crippen MR) is 53.8 cm³/mol. The largest absolute Gasteiger partial charge is 0.381 e. The average molecular weight is 196 g/mol. The SMILES string of the molecule is C#CCNC(=O)N1CCC(OC)CC1. The van der Waals surface area contributed by atoms with Crippen molar-refractivity contribution in [3.8, 4) is 12.3 Å². The molecule has 1 aliphatic heterocycles. The van der Waals surface area contributed by atoms with Gasteiger partial charge < -0.3 is 15.0 Å². The summed E-state index contributed by atoms with van der Waals surface area (Å²) in [5.74, 6) is 2.37. The number of hydrogen-bond donors (Lipinski definition) is 1. The van der Waals surface area contributed by atoms with E-state index in [0.29, 0.717) is 12.6 Å². The van der Waals surface area contributed by atoms with Gasteiger partial charge in [0.15, 0.2) is 0 Å². The van der Waals surface area contributed by atoms with Crippen LogP contribution < -0.4 is 5.32 Å². The summed E-state index contributed by atoms with van der Waals surface area (Å²) in [6, 6.07) is -0.0718. The normalized spacial score (nSPS) is 17.6. The molecule has 0 radical (unpaired) electrons. The first-order chi connectivity index (χ1) is 6.77. The molecule has 1 N–H and O–H groups in total. The third kappa shape index (κ3) is 2.93. The molecule has 0 bridgehead atoms. The van der Waals surface area contributed by atoms with Crippen LogP contribution in [-0.2, 0) is 4.74 Å². The second-order valence-corrected chi connectivity index (χ2v) is 3.28. The fraction of sp³-hybridized carbons (Fsp3) is 0.700. The van der Waals surface area contributed by atoms with E-state index in [4.69, 9.17) is 11.2 Å². The van der Waals surface area contributed by atoms with E-state index in [-0.39, 0.29) is 6.03 Å². The first-order valence-corrected chi connectivity index (χ1v) is 4.77. The number of terminal acetylenes is 1. The van der Waals surface area contributed by atoms with Crippen molar-refractivity contribution in [3.05, 3.63) is 0 Å². The Morgan fingerprint density at radius 3 is 2.79 bits per heavy atom. The lowest BCUT2D eigenvalue weighted by molar-refractivity contribution is 0.0505. The molecule has 14 heavy (non-hydrogen) atoms. The van der Waals surface area contributed by atoms with E-state index in [0.717, 1.165) is 25.9 Å². The molecule has 4 heteroatoms. The smallest absolute Gasteiger partial charge is 0.318 e. The molecule has 0 aromatic carbocycles. The third-order valence-electron chi connectivity index (χ3n) is 2.40. The van der Waals surface area contributed by atoms with Crippen LogP contribution in [0.2, 0.25) is 0 Å². The van der Waals surface area contributed by atoms with Crippen molar-refractivity contribution in [1.29, 1.82) is 0 Å². The Morgan fingerprint density at radius 1 is 1.64 bits per heavy atom. The number of methoxy groups -OCH3 is 1. The molecule has 0 aromatic heterocycles. The number of carbonyl (C=O) groups is 1. The van der Waals surface area contributed by atoms with Crippen LogP contribution >= 0.6 is 0 Å². The Kier molecular flexibility index (Phi) is 4.27. The second kappa shape index (κ2) is 5.51. The zero-order valence-corrected chi connectivity index (χ0v) is 8.45. The molecule has 2 amide bonds.